The van der Waals surface area contributed by atoms with E-state index in [1.807, 2.05) is 200 Å². The minimum absolute atomic E-state index is 0.610. The predicted molar refractivity (Wildman–Crippen MR) is 524 cm³/mol. The monoisotopic (exact) mass is 1650 g/mol. The van der Waals surface area contributed by atoms with E-state index < -0.39 is 14.3 Å². The van der Waals surface area contributed by atoms with Gasteiger partial charge in [-0.25, -0.2) is 29.9 Å². The van der Waals surface area contributed by atoms with Crippen LogP contribution in [0.2, 0.25) is 0 Å². The van der Waals surface area contributed by atoms with Gasteiger partial charge in [-0.15, -0.1) is 0 Å². The van der Waals surface area contributed by atoms with Crippen molar-refractivity contribution in [2.24, 2.45) is 0 Å². The molecule has 0 fully saturated rings. The molecule has 0 N–H and O–H groups in total. The number of benzene rings is 19. The lowest BCUT2D eigenvalue weighted by molar-refractivity contribution is 0.592. The fraction of sp³-hybridized carbons (Fsp3) is 0. The summed E-state index contributed by atoms with van der Waals surface area (Å²) in [5.74, 6) is 3.74. The van der Waals surface area contributed by atoms with Crippen molar-refractivity contribution in [2.45, 2.75) is 0 Å². The topological polar surface area (TPSA) is 111 Å². The summed E-state index contributed by atoms with van der Waals surface area (Å²) in [5, 5.41) is 9.15. The fourth-order valence-corrected chi connectivity index (χ4v) is 22.4. The summed E-state index contributed by atoms with van der Waals surface area (Å²) < 4.78 is 30.9. The van der Waals surface area contributed by atoms with Crippen LogP contribution >= 0.6 is 14.3 Å². The van der Waals surface area contributed by atoms with Gasteiger partial charge < -0.3 is 9.13 Å². The van der Waals surface area contributed by atoms with Crippen molar-refractivity contribution in [3.05, 3.63) is 485 Å². The van der Waals surface area contributed by atoms with Crippen LogP contribution in [-0.2, 0) is 9.13 Å². The Balaban J connectivity index is 0.000000161. The second kappa shape index (κ2) is 35.3. The first-order chi connectivity index (χ1) is 62.2. The van der Waals surface area contributed by atoms with E-state index in [9.17, 15) is 4.57 Å². The molecule has 2 heterocycles. The van der Waals surface area contributed by atoms with Crippen molar-refractivity contribution in [1.29, 1.82) is 0 Å². The van der Waals surface area contributed by atoms with Crippen LogP contribution in [0.5, 0.6) is 0 Å². The van der Waals surface area contributed by atoms with Crippen LogP contribution in [0.3, 0.4) is 0 Å². The third kappa shape index (κ3) is 16.3. The molecule has 0 aliphatic carbocycles. The van der Waals surface area contributed by atoms with E-state index in [2.05, 4.69) is 285 Å². The molecule has 0 aliphatic rings. The van der Waals surface area contributed by atoms with Gasteiger partial charge in [0.2, 0.25) is 0 Å². The molecule has 21 aromatic rings. The molecule has 0 atom stereocenters. The lowest BCUT2D eigenvalue weighted by Crippen LogP contribution is -2.26. The zero-order valence-corrected chi connectivity index (χ0v) is 70.4. The van der Waals surface area contributed by atoms with Gasteiger partial charge in [-0.3, -0.25) is 0 Å². The van der Waals surface area contributed by atoms with Crippen LogP contribution in [0, 0.1) is 0 Å². The number of hydrogen-bond donors (Lipinski definition) is 0. The smallest absolute Gasteiger partial charge is 0.172 e. The average Bonchev–Trinajstić information content (AvgIpc) is 0.730. The third-order valence-electron chi connectivity index (χ3n) is 23.3. The number of rotatable bonds is 19. The Bertz CT molecular complexity index is 7250. The molecule has 0 unspecified atom stereocenters. The van der Waals surface area contributed by atoms with Crippen LogP contribution in [0.1, 0.15) is 0 Å². The molecule has 126 heavy (non-hydrogen) atoms. The summed E-state index contributed by atoms with van der Waals surface area (Å²) in [4.78, 5) is 30.0. The van der Waals surface area contributed by atoms with Crippen LogP contribution in [-0.4, -0.2) is 29.9 Å². The van der Waals surface area contributed by atoms with Gasteiger partial charge in [-0.1, -0.05) is 473 Å². The standard InChI is InChI=1S/C63H44N3OP.C53H36N3OP/c67-68(58-20-9-3-10-21-58,59-22-11-4-12-23-59)60-42-40-52(41-43-60)51-26-24-49(25-27-51)50-28-30-53(31-29-50)56-18-13-19-57(44-56)63-65-61(54-36-32-47(33-37-54)45-14-5-1-6-15-45)64-62(66-63)55-38-34-48(35-39-55)46-16-7-2-8-17-46;57-58(49-26-12-20-40-14-7-9-24-47(40)49,50-27-13-21-41-15-8-10-25-48(41)50)46-34-32-38(33-35-46)37-28-30-39(31-29-37)44-22-11-23-45(36-44)53-55-51(42-16-3-1-4-17-42)54-52(56-53)43-18-5-2-6-19-43/h1-44H;1-36H. The quantitative estimate of drug-likeness (QED) is 0.0736. The van der Waals surface area contributed by atoms with E-state index in [0.717, 1.165) is 165 Å². The van der Waals surface area contributed by atoms with Gasteiger partial charge in [0, 0.05) is 65.2 Å². The largest absolute Gasteiger partial charge is 0.309 e. The Hall–Kier alpha value is -15.8. The van der Waals surface area contributed by atoms with Crippen molar-refractivity contribution in [2.75, 3.05) is 0 Å². The highest BCUT2D eigenvalue weighted by Crippen LogP contribution is 2.48. The molecule has 0 bridgehead atoms. The van der Waals surface area contributed by atoms with Crippen LogP contribution in [0.25, 0.3) is 168 Å². The number of aromatic nitrogens is 6. The van der Waals surface area contributed by atoms with Crippen molar-refractivity contribution in [3.8, 4) is 146 Å². The normalized spacial score (nSPS) is 11.4. The number of nitrogens with zero attached hydrogens (tertiary/aromatic N) is 6. The minimum Gasteiger partial charge on any atom is -0.309 e. The van der Waals surface area contributed by atoms with E-state index in [0.29, 0.717) is 34.9 Å². The molecule has 8 nitrogen and oxygen atoms in total. The molecule has 0 amide bonds. The average molecular weight is 1650 g/mol. The molecule has 0 radical (unpaired) electrons. The van der Waals surface area contributed by atoms with Crippen LogP contribution in [0.4, 0.5) is 0 Å². The molecular weight excluding hydrogens is 1570 g/mol. The molecule has 0 spiro atoms. The van der Waals surface area contributed by atoms with Crippen molar-refractivity contribution >= 4 is 67.7 Å². The van der Waals surface area contributed by atoms with E-state index >= 15 is 4.57 Å². The van der Waals surface area contributed by atoms with Crippen molar-refractivity contribution in [3.63, 3.8) is 0 Å². The van der Waals surface area contributed by atoms with Crippen LogP contribution in [0.15, 0.2) is 485 Å². The van der Waals surface area contributed by atoms with E-state index in [-0.39, 0.29) is 0 Å². The first-order valence-corrected chi connectivity index (χ1v) is 45.6. The van der Waals surface area contributed by atoms with E-state index in [4.69, 9.17) is 29.9 Å². The zero-order chi connectivity index (χ0) is 84.6. The van der Waals surface area contributed by atoms with Crippen molar-refractivity contribution in [1.82, 2.24) is 29.9 Å². The molecular formula is C116H80N6O2P2. The zero-order valence-electron chi connectivity index (χ0n) is 68.6. The first-order valence-electron chi connectivity index (χ1n) is 42.1. The summed E-state index contributed by atoms with van der Waals surface area (Å²) in [6.45, 7) is 0. The molecule has 0 saturated heterocycles. The Morgan fingerprint density at radius 3 is 0.627 bits per heavy atom. The minimum atomic E-state index is -3.31. The first kappa shape index (κ1) is 78.7. The number of hydrogen-bond acceptors (Lipinski definition) is 8. The molecule has 0 saturated carbocycles. The molecule has 2 aromatic heterocycles. The Morgan fingerprint density at radius 1 is 0.135 bits per heavy atom. The second-order valence-electron chi connectivity index (χ2n) is 31.1. The van der Waals surface area contributed by atoms with Gasteiger partial charge in [0.05, 0.1) is 0 Å². The summed E-state index contributed by atoms with van der Waals surface area (Å²) in [7, 11) is -6.35. The number of fused-ring (bicyclic) bond motifs is 2. The van der Waals surface area contributed by atoms with Crippen LogP contribution < -0.4 is 31.8 Å². The van der Waals surface area contributed by atoms with Gasteiger partial charge >= 0.3 is 0 Å². The molecule has 21 rings (SSSR count). The lowest BCUT2D eigenvalue weighted by atomic mass is 9.97. The summed E-state index contributed by atoms with van der Waals surface area (Å²) in [6.07, 6.45) is 0. The SMILES string of the molecule is O=P(c1ccc(-c2ccc(-c3cccc(-c4nc(-c5ccccc5)nc(-c5ccccc5)n4)c3)cc2)cc1)(c1cccc2ccccc12)c1cccc2ccccc12.O=P(c1ccccc1)(c1ccccc1)c1ccc(-c2ccc(-c3ccc(-c4cccc(-c5nc(-c6ccc(-c7ccccc7)cc6)nc(-c6ccc(-c7ccccc7)cc6)n5)c4)cc3)cc2)cc1. The molecule has 596 valence electrons. The third-order valence-corrected chi connectivity index (χ3v) is 29.5. The summed E-state index contributed by atoms with van der Waals surface area (Å²) in [5.41, 5.74) is 21.0. The van der Waals surface area contributed by atoms with Gasteiger partial charge in [-0.05, 0) is 112 Å². The van der Waals surface area contributed by atoms with Gasteiger partial charge in [0.15, 0.2) is 49.2 Å². The lowest BCUT2D eigenvalue weighted by Gasteiger charge is -2.23. The highest BCUT2D eigenvalue weighted by Gasteiger charge is 2.34. The maximum Gasteiger partial charge on any atom is 0.172 e. The molecule has 0 aliphatic heterocycles. The summed E-state index contributed by atoms with van der Waals surface area (Å²) >= 11 is 0. The van der Waals surface area contributed by atoms with E-state index in [1.54, 1.807) is 0 Å². The van der Waals surface area contributed by atoms with Gasteiger partial charge in [-0.2, -0.15) is 0 Å². The Kier molecular flexibility index (Phi) is 22.1. The molecule has 10 heteroatoms. The maximum absolute atomic E-state index is 16.0. The summed E-state index contributed by atoms with van der Waals surface area (Å²) in [6, 6.07) is 165. The second-order valence-corrected chi connectivity index (χ2v) is 36.6. The Labute approximate surface area is 733 Å². The molecule has 19 aromatic carbocycles. The van der Waals surface area contributed by atoms with Gasteiger partial charge in [0.1, 0.15) is 0 Å². The Morgan fingerprint density at radius 2 is 0.317 bits per heavy atom. The van der Waals surface area contributed by atoms with Crippen molar-refractivity contribution < 1.29 is 9.13 Å². The fourth-order valence-electron chi connectivity index (χ4n) is 16.7. The highest BCUT2D eigenvalue weighted by atomic mass is 31.2. The van der Waals surface area contributed by atoms with E-state index in [1.165, 1.54) is 0 Å². The maximum atomic E-state index is 16.0. The van der Waals surface area contributed by atoms with Gasteiger partial charge in [0.25, 0.3) is 0 Å². The highest BCUT2D eigenvalue weighted by molar-refractivity contribution is 7.86. The predicted octanol–water partition coefficient (Wildman–Crippen LogP) is 27.0.